The highest BCUT2D eigenvalue weighted by Crippen LogP contribution is 2.31. The molecule has 0 N–H and O–H groups in total. The third-order valence-corrected chi connectivity index (χ3v) is 9.01. The standard InChI is InChI=1S/C30H26N4O6S/c1-40-27-11-7-24-8-12-28(17-25(24)16-27)41(38,39)33(20-21-5-9-26(10-6-21)34(36)37)29-13-14-32(30(29)35)19-23-4-2-3-22(15-23)18-31/h2-12,15-17,29H,13-14,19-20H2,1H3/t29-/m0/s1. The van der Waals surface area contributed by atoms with E-state index < -0.39 is 21.0 Å². The second-order valence-corrected chi connectivity index (χ2v) is 11.6. The Kier molecular flexibility index (Phi) is 7.70. The molecule has 208 valence electrons. The van der Waals surface area contributed by atoms with Crippen LogP contribution in [0.15, 0.2) is 89.8 Å². The number of sulfonamides is 1. The van der Waals surface area contributed by atoms with Gasteiger partial charge in [-0.1, -0.05) is 36.4 Å². The van der Waals surface area contributed by atoms with Gasteiger partial charge in [0, 0.05) is 31.8 Å². The molecular formula is C30H26N4O6S. The Labute approximate surface area is 237 Å². The van der Waals surface area contributed by atoms with E-state index in [2.05, 4.69) is 6.07 Å². The molecule has 0 aromatic heterocycles. The summed E-state index contributed by atoms with van der Waals surface area (Å²) in [6, 6.07) is 23.8. The average Bonchev–Trinajstić information content (AvgIpc) is 3.34. The number of rotatable bonds is 9. The summed E-state index contributed by atoms with van der Waals surface area (Å²) in [6.45, 7) is 0.429. The van der Waals surface area contributed by atoms with Crippen LogP contribution in [0.1, 0.15) is 23.1 Å². The van der Waals surface area contributed by atoms with Crippen molar-refractivity contribution in [2.24, 2.45) is 0 Å². The van der Waals surface area contributed by atoms with Gasteiger partial charge in [0.1, 0.15) is 11.8 Å². The van der Waals surface area contributed by atoms with Gasteiger partial charge in [-0.05, 0) is 64.7 Å². The lowest BCUT2D eigenvalue weighted by atomic mass is 10.1. The molecule has 0 radical (unpaired) electrons. The maximum atomic E-state index is 14.2. The molecule has 1 atom stereocenters. The minimum Gasteiger partial charge on any atom is -0.497 e. The molecule has 0 bridgehead atoms. The molecule has 4 aromatic carbocycles. The molecule has 11 heteroatoms. The van der Waals surface area contributed by atoms with Gasteiger partial charge in [0.2, 0.25) is 15.9 Å². The number of hydrogen-bond acceptors (Lipinski definition) is 7. The van der Waals surface area contributed by atoms with Crippen LogP contribution in [0.2, 0.25) is 0 Å². The van der Waals surface area contributed by atoms with Crippen molar-refractivity contribution >= 4 is 32.4 Å². The van der Waals surface area contributed by atoms with Crippen molar-refractivity contribution in [3.63, 3.8) is 0 Å². The Morgan fingerprint density at radius 3 is 2.49 bits per heavy atom. The maximum Gasteiger partial charge on any atom is 0.269 e. The van der Waals surface area contributed by atoms with Gasteiger partial charge in [-0.2, -0.15) is 9.57 Å². The van der Waals surface area contributed by atoms with Gasteiger partial charge in [0.25, 0.3) is 5.69 Å². The molecule has 0 aliphatic carbocycles. The first-order chi connectivity index (χ1) is 19.7. The molecule has 0 spiro atoms. The molecule has 4 aromatic rings. The predicted molar refractivity (Wildman–Crippen MR) is 151 cm³/mol. The number of nitro groups is 1. The van der Waals surface area contributed by atoms with Gasteiger partial charge < -0.3 is 9.64 Å². The Bertz CT molecular complexity index is 1780. The Morgan fingerprint density at radius 1 is 1.02 bits per heavy atom. The fourth-order valence-electron chi connectivity index (χ4n) is 5.00. The molecule has 5 rings (SSSR count). The minimum absolute atomic E-state index is 0.0214. The van der Waals surface area contributed by atoms with E-state index >= 15 is 0 Å². The summed E-state index contributed by atoms with van der Waals surface area (Å²) in [5, 5.41) is 21.8. The second-order valence-electron chi connectivity index (χ2n) is 9.73. The molecule has 1 amide bonds. The smallest absolute Gasteiger partial charge is 0.269 e. The number of fused-ring (bicyclic) bond motifs is 1. The van der Waals surface area contributed by atoms with Gasteiger partial charge in [-0.3, -0.25) is 14.9 Å². The highest BCUT2D eigenvalue weighted by atomic mass is 32.2. The van der Waals surface area contributed by atoms with E-state index in [1.165, 1.54) is 41.7 Å². The van der Waals surface area contributed by atoms with E-state index in [0.29, 0.717) is 28.8 Å². The summed E-state index contributed by atoms with van der Waals surface area (Å²) in [7, 11) is -2.66. The highest BCUT2D eigenvalue weighted by molar-refractivity contribution is 7.89. The number of methoxy groups -OCH3 is 1. The third kappa shape index (κ3) is 5.75. The fourth-order valence-corrected chi connectivity index (χ4v) is 6.63. The summed E-state index contributed by atoms with van der Waals surface area (Å²) in [5.74, 6) is 0.233. The number of carbonyl (C=O) groups is 1. The van der Waals surface area contributed by atoms with Crippen molar-refractivity contribution in [2.75, 3.05) is 13.7 Å². The van der Waals surface area contributed by atoms with Crippen molar-refractivity contribution in [2.45, 2.75) is 30.4 Å². The normalized spacial score (nSPS) is 15.3. The zero-order valence-electron chi connectivity index (χ0n) is 22.1. The number of ether oxygens (including phenoxy) is 1. The van der Waals surface area contributed by atoms with Gasteiger partial charge >= 0.3 is 0 Å². The van der Waals surface area contributed by atoms with Crippen LogP contribution in [-0.4, -0.2) is 48.1 Å². The highest BCUT2D eigenvalue weighted by Gasteiger charge is 2.42. The fraction of sp³-hybridized carbons (Fsp3) is 0.200. The van der Waals surface area contributed by atoms with E-state index in [0.717, 1.165) is 10.9 Å². The van der Waals surface area contributed by atoms with Crippen LogP contribution in [-0.2, 0) is 27.9 Å². The predicted octanol–water partition coefficient (Wildman–Crippen LogP) is 4.62. The SMILES string of the molecule is COc1ccc2ccc(S(=O)(=O)N(Cc3ccc([N+](=O)[O-])cc3)[C@H]3CCN(Cc4cccc(C#N)c4)C3=O)cc2c1. The molecule has 10 nitrogen and oxygen atoms in total. The summed E-state index contributed by atoms with van der Waals surface area (Å²) >= 11 is 0. The van der Waals surface area contributed by atoms with E-state index in [1.807, 2.05) is 12.1 Å². The maximum absolute atomic E-state index is 14.2. The first kappa shape index (κ1) is 27.8. The molecule has 1 aliphatic heterocycles. The van der Waals surface area contributed by atoms with Crippen LogP contribution < -0.4 is 4.74 Å². The number of benzene rings is 4. The van der Waals surface area contributed by atoms with Gasteiger partial charge in [-0.25, -0.2) is 8.42 Å². The first-order valence-corrected chi connectivity index (χ1v) is 14.2. The summed E-state index contributed by atoms with van der Waals surface area (Å²) in [6.07, 6.45) is 0.268. The second kappa shape index (κ2) is 11.4. The Morgan fingerprint density at radius 2 is 1.78 bits per heavy atom. The van der Waals surface area contributed by atoms with Crippen LogP contribution in [0, 0.1) is 21.4 Å². The van der Waals surface area contributed by atoms with Crippen LogP contribution in [0.3, 0.4) is 0 Å². The largest absolute Gasteiger partial charge is 0.497 e. The van der Waals surface area contributed by atoms with Crippen molar-refractivity contribution < 1.29 is 22.9 Å². The van der Waals surface area contributed by atoms with Crippen LogP contribution in [0.4, 0.5) is 5.69 Å². The zero-order valence-corrected chi connectivity index (χ0v) is 23.0. The Balaban J connectivity index is 1.50. The number of nitriles is 1. The summed E-state index contributed by atoms with van der Waals surface area (Å²) in [4.78, 5) is 25.9. The summed E-state index contributed by atoms with van der Waals surface area (Å²) in [5.41, 5.74) is 1.64. The number of likely N-dealkylation sites (tertiary alicyclic amines) is 1. The number of amides is 1. The average molecular weight is 571 g/mol. The molecule has 1 aliphatic rings. The minimum atomic E-state index is -4.19. The number of nitrogens with zero attached hydrogens (tertiary/aromatic N) is 4. The van der Waals surface area contributed by atoms with Gasteiger partial charge in [-0.15, -0.1) is 0 Å². The summed E-state index contributed by atoms with van der Waals surface area (Å²) < 4.78 is 34.8. The van der Waals surface area contributed by atoms with Crippen molar-refractivity contribution in [3.05, 3.63) is 112 Å². The molecule has 0 unspecified atom stereocenters. The molecule has 1 fully saturated rings. The lowest BCUT2D eigenvalue weighted by molar-refractivity contribution is -0.384. The number of carbonyl (C=O) groups excluding carboxylic acids is 1. The van der Waals surface area contributed by atoms with Crippen LogP contribution in [0.25, 0.3) is 10.8 Å². The molecule has 1 heterocycles. The molecule has 0 saturated carbocycles. The lowest BCUT2D eigenvalue weighted by Gasteiger charge is -2.28. The molecule has 41 heavy (non-hydrogen) atoms. The van der Waals surface area contributed by atoms with E-state index in [4.69, 9.17) is 4.74 Å². The van der Waals surface area contributed by atoms with E-state index in [9.17, 15) is 28.6 Å². The zero-order chi connectivity index (χ0) is 29.1. The van der Waals surface area contributed by atoms with E-state index in [1.54, 1.807) is 47.4 Å². The van der Waals surface area contributed by atoms with Crippen LogP contribution >= 0.6 is 0 Å². The van der Waals surface area contributed by atoms with Gasteiger partial charge in [0.05, 0.1) is 28.6 Å². The van der Waals surface area contributed by atoms with Crippen molar-refractivity contribution in [1.82, 2.24) is 9.21 Å². The van der Waals surface area contributed by atoms with Crippen molar-refractivity contribution in [3.8, 4) is 11.8 Å². The number of non-ortho nitro benzene ring substituents is 1. The van der Waals surface area contributed by atoms with E-state index in [-0.39, 0.29) is 36.0 Å². The number of nitro benzene ring substituents is 1. The van der Waals surface area contributed by atoms with Crippen LogP contribution in [0.5, 0.6) is 5.75 Å². The van der Waals surface area contributed by atoms with Gasteiger partial charge in [0.15, 0.2) is 0 Å². The first-order valence-electron chi connectivity index (χ1n) is 12.8. The third-order valence-electron chi connectivity index (χ3n) is 7.16. The lowest BCUT2D eigenvalue weighted by Crippen LogP contribution is -2.44. The Hall–Kier alpha value is -4.79. The number of hydrogen-bond donors (Lipinski definition) is 0. The quantitative estimate of drug-likeness (QED) is 0.212. The topological polar surface area (TPSA) is 134 Å². The molecular weight excluding hydrogens is 544 g/mol. The molecule has 1 saturated heterocycles. The monoisotopic (exact) mass is 570 g/mol. The van der Waals surface area contributed by atoms with Crippen molar-refractivity contribution in [1.29, 1.82) is 5.26 Å².